The van der Waals surface area contributed by atoms with Crippen molar-refractivity contribution in [1.82, 2.24) is 0 Å². The molecule has 7 saturated carbocycles. The molecule has 0 heterocycles. The third-order valence-corrected chi connectivity index (χ3v) is 14.5. The van der Waals surface area contributed by atoms with Crippen LogP contribution in [0.1, 0.15) is 180 Å². The third-order valence-electron chi connectivity index (χ3n) is 13.6. The number of hydrogen-bond acceptors (Lipinski definition) is 6. The van der Waals surface area contributed by atoms with Crippen LogP contribution < -0.4 is 4.74 Å². The fourth-order valence-electron chi connectivity index (χ4n) is 11.8. The first-order valence-corrected chi connectivity index (χ1v) is 21.2. The van der Waals surface area contributed by atoms with Crippen LogP contribution in [0.15, 0.2) is 17.0 Å². The minimum Gasteiger partial charge on any atom is -0.744 e. The van der Waals surface area contributed by atoms with Crippen LogP contribution in [0.2, 0.25) is 0 Å². The van der Waals surface area contributed by atoms with Gasteiger partial charge in [0.2, 0.25) is 11.6 Å². The summed E-state index contributed by atoms with van der Waals surface area (Å²) >= 11 is 0. The Bertz CT molecular complexity index is 1740. The average Bonchev–Trinajstić information content (AvgIpc) is 3.12. The monoisotopic (exact) mass is 745 g/mol. The summed E-state index contributed by atoms with van der Waals surface area (Å²) in [6.45, 7) is 0. The second kappa shape index (κ2) is 13.9. The number of esters is 1. The van der Waals surface area contributed by atoms with Gasteiger partial charge in [-0.05, 0) is 117 Å². The molecular formula is C41H49F4O6S-. The van der Waals surface area contributed by atoms with Crippen LogP contribution in [-0.2, 0) is 14.9 Å². The van der Waals surface area contributed by atoms with Gasteiger partial charge < -0.3 is 14.0 Å². The van der Waals surface area contributed by atoms with E-state index in [1.807, 2.05) is 0 Å². The summed E-state index contributed by atoms with van der Waals surface area (Å²) in [5, 5.41) is 0. The molecule has 0 amide bonds. The van der Waals surface area contributed by atoms with Gasteiger partial charge in [0.25, 0.3) is 0 Å². The van der Waals surface area contributed by atoms with Gasteiger partial charge in [0, 0.05) is 6.42 Å². The Morgan fingerprint density at radius 3 is 1.56 bits per heavy atom. The zero-order valence-corrected chi connectivity index (χ0v) is 30.6. The van der Waals surface area contributed by atoms with E-state index >= 15 is 8.78 Å². The van der Waals surface area contributed by atoms with Crippen molar-refractivity contribution < 1.29 is 44.8 Å². The van der Waals surface area contributed by atoms with E-state index in [1.165, 1.54) is 37.7 Å². The van der Waals surface area contributed by atoms with Crippen LogP contribution in [-0.4, -0.2) is 30.1 Å². The largest absolute Gasteiger partial charge is 0.744 e. The van der Waals surface area contributed by atoms with Gasteiger partial charge >= 0.3 is 5.97 Å². The van der Waals surface area contributed by atoms with Crippen molar-refractivity contribution in [2.45, 2.75) is 169 Å². The van der Waals surface area contributed by atoms with Crippen LogP contribution in [0.25, 0.3) is 0 Å². The number of carbonyl (C=O) groups is 1. The molecule has 11 heteroatoms. The standard InChI is InChI=1S/C41H50F4O6S/c42-33-35(44)38(52(47,48)49)36(45)34(43)37(33)50-40-19-24-16-25(20-40)22-41(21-24,23-40)51-39(46)32-30(27-12-6-2-7-13-27)17-29(26-10-4-1-5-11-26)18-31(32)28-14-8-3-9-15-28/h17-18,24-28H,1-16,19-23H2,(H,47,48,49)/p-1. The molecule has 7 aliphatic rings. The normalized spacial score (nSPS) is 30.1. The maximum absolute atomic E-state index is 15.3. The molecule has 9 rings (SSSR count). The quantitative estimate of drug-likeness (QED) is 0.116. The molecule has 0 aliphatic heterocycles. The molecule has 4 bridgehead atoms. The first kappa shape index (κ1) is 36.3. The molecule has 6 nitrogen and oxygen atoms in total. The number of carbonyl (C=O) groups excluding carboxylic acids is 1. The maximum atomic E-state index is 15.3. The molecule has 0 aromatic heterocycles. The Balaban J connectivity index is 1.16. The summed E-state index contributed by atoms with van der Waals surface area (Å²) in [5.41, 5.74) is 2.00. The van der Waals surface area contributed by atoms with E-state index in [9.17, 15) is 26.5 Å². The number of benzene rings is 2. The Hall–Kier alpha value is -2.66. The van der Waals surface area contributed by atoms with E-state index < -0.39 is 55.2 Å². The van der Waals surface area contributed by atoms with E-state index in [2.05, 4.69) is 12.1 Å². The average molecular weight is 746 g/mol. The lowest BCUT2D eigenvalue weighted by Gasteiger charge is -2.60. The third kappa shape index (κ3) is 6.68. The van der Waals surface area contributed by atoms with E-state index in [0.717, 1.165) is 81.8 Å². The maximum Gasteiger partial charge on any atom is 0.339 e. The van der Waals surface area contributed by atoms with Gasteiger partial charge in [0.05, 0.1) is 5.56 Å². The topological polar surface area (TPSA) is 92.7 Å². The molecule has 0 N–H and O–H groups in total. The summed E-state index contributed by atoms with van der Waals surface area (Å²) in [6.07, 6.45) is 19.7. The Morgan fingerprint density at radius 2 is 1.10 bits per heavy atom. The minimum atomic E-state index is -5.86. The Kier molecular flexibility index (Phi) is 9.70. The van der Waals surface area contributed by atoms with E-state index in [-0.39, 0.29) is 36.1 Å². The fourth-order valence-corrected chi connectivity index (χ4v) is 12.4. The predicted octanol–water partition coefficient (Wildman–Crippen LogP) is 10.6. The highest BCUT2D eigenvalue weighted by atomic mass is 32.2. The number of ether oxygens (including phenoxy) is 2. The number of rotatable bonds is 8. The summed E-state index contributed by atoms with van der Waals surface area (Å²) in [6, 6.07) is 4.67. The summed E-state index contributed by atoms with van der Waals surface area (Å²) in [5.74, 6) is -9.49. The van der Waals surface area contributed by atoms with Gasteiger partial charge in [0.15, 0.2) is 17.4 Å². The molecule has 0 spiro atoms. The van der Waals surface area contributed by atoms with Crippen LogP contribution in [0.3, 0.4) is 0 Å². The molecule has 7 aliphatic carbocycles. The van der Waals surface area contributed by atoms with Gasteiger partial charge in [0.1, 0.15) is 26.2 Å². The minimum absolute atomic E-state index is 0.0135. The first-order valence-electron chi connectivity index (χ1n) is 19.8. The molecule has 7 fully saturated rings. The van der Waals surface area contributed by atoms with Gasteiger partial charge in [-0.15, -0.1) is 0 Å². The van der Waals surface area contributed by atoms with Gasteiger partial charge in [-0.3, -0.25) is 0 Å². The van der Waals surface area contributed by atoms with Crippen molar-refractivity contribution in [3.05, 3.63) is 57.7 Å². The van der Waals surface area contributed by atoms with E-state index in [4.69, 9.17) is 9.47 Å². The molecule has 2 aromatic carbocycles. The molecule has 52 heavy (non-hydrogen) atoms. The second-order valence-electron chi connectivity index (χ2n) is 17.3. The zero-order chi connectivity index (χ0) is 36.4. The highest BCUT2D eigenvalue weighted by Gasteiger charge is 2.62. The lowest BCUT2D eigenvalue weighted by Crippen LogP contribution is -2.62. The van der Waals surface area contributed by atoms with Gasteiger partial charge in [-0.1, -0.05) is 69.9 Å². The summed E-state index contributed by atoms with van der Waals surface area (Å²) < 4.78 is 107. The summed E-state index contributed by atoms with van der Waals surface area (Å²) in [4.78, 5) is 12.8. The lowest BCUT2D eigenvalue weighted by molar-refractivity contribution is -0.191. The van der Waals surface area contributed by atoms with Crippen LogP contribution in [0.4, 0.5) is 17.6 Å². The van der Waals surface area contributed by atoms with Crippen molar-refractivity contribution in [2.75, 3.05) is 0 Å². The van der Waals surface area contributed by atoms with Gasteiger partial charge in [-0.25, -0.2) is 22.0 Å². The molecule has 0 saturated heterocycles. The zero-order valence-electron chi connectivity index (χ0n) is 29.8. The predicted molar refractivity (Wildman–Crippen MR) is 184 cm³/mol. The SMILES string of the molecule is O=C(OC12CC3CC(C1)CC(Oc1c(F)c(F)c(S(=O)(=O)[O-])c(F)c1F)(C3)C2)c1c(C2CCCCC2)cc(C2CCCCC2)cc1C1CCCCC1. The number of halogens is 4. The highest BCUT2D eigenvalue weighted by Crippen LogP contribution is 2.61. The smallest absolute Gasteiger partial charge is 0.339 e. The molecule has 2 unspecified atom stereocenters. The molecule has 0 radical (unpaired) electrons. The van der Waals surface area contributed by atoms with Gasteiger partial charge in [-0.2, -0.15) is 8.78 Å². The molecule has 2 atom stereocenters. The first-order chi connectivity index (χ1) is 24.9. The number of hydrogen-bond donors (Lipinski definition) is 0. The van der Waals surface area contributed by atoms with E-state index in [0.29, 0.717) is 37.2 Å². The molecule has 284 valence electrons. The lowest BCUT2D eigenvalue weighted by atomic mass is 9.52. The summed E-state index contributed by atoms with van der Waals surface area (Å²) in [7, 11) is -5.86. The van der Waals surface area contributed by atoms with Crippen molar-refractivity contribution in [3.8, 4) is 5.75 Å². The van der Waals surface area contributed by atoms with E-state index in [1.54, 1.807) is 0 Å². The second-order valence-corrected chi connectivity index (χ2v) is 18.6. The highest BCUT2D eigenvalue weighted by molar-refractivity contribution is 7.85. The molecular weight excluding hydrogens is 697 g/mol. The van der Waals surface area contributed by atoms with Crippen molar-refractivity contribution in [1.29, 1.82) is 0 Å². The Morgan fingerprint density at radius 1 is 0.654 bits per heavy atom. The van der Waals surface area contributed by atoms with Crippen molar-refractivity contribution in [2.24, 2.45) is 11.8 Å². The van der Waals surface area contributed by atoms with Crippen molar-refractivity contribution >= 4 is 16.1 Å². The Labute approximate surface area is 304 Å². The molecule has 2 aromatic rings. The van der Waals surface area contributed by atoms with Crippen LogP contribution in [0.5, 0.6) is 5.75 Å². The van der Waals surface area contributed by atoms with Crippen LogP contribution in [0, 0.1) is 35.1 Å². The fraction of sp³-hybridized carbons (Fsp3) is 0.683. The van der Waals surface area contributed by atoms with Crippen LogP contribution >= 0.6 is 0 Å². The van der Waals surface area contributed by atoms with Crippen molar-refractivity contribution in [3.63, 3.8) is 0 Å².